The van der Waals surface area contributed by atoms with Gasteiger partial charge in [-0.1, -0.05) is 18.2 Å². The van der Waals surface area contributed by atoms with Gasteiger partial charge in [0.15, 0.2) is 0 Å². The predicted octanol–water partition coefficient (Wildman–Crippen LogP) is 2.53. The minimum Gasteiger partial charge on any atom is -0.441 e. The summed E-state index contributed by atoms with van der Waals surface area (Å²) in [4.78, 5) is 18.6. The van der Waals surface area contributed by atoms with Gasteiger partial charge in [-0.25, -0.2) is 9.48 Å². The molecule has 156 valence electrons. The first-order valence-electron chi connectivity index (χ1n) is 10.4. The number of likely N-dealkylation sites (tertiary alicyclic amines) is 1. The molecule has 4 rings (SSSR count). The molecular formula is C22H31N5O2. The van der Waals surface area contributed by atoms with E-state index in [9.17, 15) is 4.79 Å². The molecular weight excluding hydrogens is 366 g/mol. The van der Waals surface area contributed by atoms with E-state index in [4.69, 9.17) is 4.74 Å². The van der Waals surface area contributed by atoms with Gasteiger partial charge in [-0.05, 0) is 32.6 Å². The second-order valence-electron chi connectivity index (χ2n) is 8.63. The minimum absolute atomic E-state index is 0.153. The van der Waals surface area contributed by atoms with Gasteiger partial charge in [0.25, 0.3) is 0 Å². The summed E-state index contributed by atoms with van der Waals surface area (Å²) in [6.45, 7) is 7.16. The fraction of sp³-hybridized carbons (Fsp3) is 0.545. The summed E-state index contributed by atoms with van der Waals surface area (Å²) in [5.41, 5.74) is 3.24. The Bertz CT molecular complexity index is 854. The molecule has 2 saturated heterocycles. The maximum Gasteiger partial charge on any atom is 0.410 e. The molecule has 7 heteroatoms. The van der Waals surface area contributed by atoms with Crippen LogP contribution >= 0.6 is 0 Å². The van der Waals surface area contributed by atoms with E-state index in [0.29, 0.717) is 0 Å². The van der Waals surface area contributed by atoms with Crippen LogP contribution in [0.25, 0.3) is 5.69 Å². The van der Waals surface area contributed by atoms with Gasteiger partial charge in [-0.3, -0.25) is 4.90 Å². The molecule has 0 radical (unpaired) electrons. The molecule has 29 heavy (non-hydrogen) atoms. The number of para-hydroxylation sites is 1. The lowest BCUT2D eigenvalue weighted by atomic mass is 9.91. The highest BCUT2D eigenvalue weighted by Crippen LogP contribution is 2.33. The van der Waals surface area contributed by atoms with Gasteiger partial charge >= 0.3 is 6.09 Å². The fourth-order valence-electron chi connectivity index (χ4n) is 4.22. The second kappa shape index (κ2) is 8.16. The van der Waals surface area contributed by atoms with E-state index in [1.165, 1.54) is 11.1 Å². The molecule has 2 aliphatic heterocycles. The van der Waals surface area contributed by atoms with Crippen molar-refractivity contribution >= 4 is 6.09 Å². The number of hydrogen-bond donors (Lipinski definition) is 0. The third-order valence-corrected chi connectivity index (χ3v) is 6.03. The topological polar surface area (TPSA) is 53.8 Å². The standard InChI is InChI=1S/C22H31N5O2/c1-18-6-4-5-7-20(18)27-16-19(14-23-27)15-25-10-8-22(9-11-25)17-26(21(28)29-22)13-12-24(2)3/h4-7,14,16H,8-13,15,17H2,1-3H3. The molecule has 0 unspecified atom stereocenters. The van der Waals surface area contributed by atoms with Crippen LogP contribution in [0.1, 0.15) is 24.0 Å². The van der Waals surface area contributed by atoms with Crippen LogP contribution in [0.2, 0.25) is 0 Å². The average Bonchev–Trinajstić information content (AvgIpc) is 3.27. The van der Waals surface area contributed by atoms with E-state index in [1.54, 1.807) is 0 Å². The van der Waals surface area contributed by atoms with Crippen molar-refractivity contribution in [2.75, 3.05) is 46.8 Å². The van der Waals surface area contributed by atoms with Gasteiger partial charge in [0.05, 0.1) is 18.4 Å². The number of likely N-dealkylation sites (N-methyl/N-ethyl adjacent to an activating group) is 1. The number of ether oxygens (including phenoxy) is 1. The van der Waals surface area contributed by atoms with Crippen LogP contribution in [0.15, 0.2) is 36.7 Å². The fourth-order valence-corrected chi connectivity index (χ4v) is 4.22. The van der Waals surface area contributed by atoms with Crippen molar-refractivity contribution in [3.63, 3.8) is 0 Å². The minimum atomic E-state index is -0.300. The third-order valence-electron chi connectivity index (χ3n) is 6.03. The number of carbonyl (C=O) groups is 1. The molecule has 0 saturated carbocycles. The Morgan fingerprint density at radius 3 is 2.69 bits per heavy atom. The predicted molar refractivity (Wildman–Crippen MR) is 112 cm³/mol. The molecule has 7 nitrogen and oxygen atoms in total. The van der Waals surface area contributed by atoms with Crippen LogP contribution in [0.4, 0.5) is 4.79 Å². The number of rotatable bonds is 6. The Hall–Kier alpha value is -2.38. The van der Waals surface area contributed by atoms with Crippen molar-refractivity contribution < 1.29 is 9.53 Å². The van der Waals surface area contributed by atoms with E-state index in [2.05, 4.69) is 40.2 Å². The molecule has 1 spiro atoms. The van der Waals surface area contributed by atoms with E-state index in [0.717, 1.165) is 57.8 Å². The highest BCUT2D eigenvalue weighted by molar-refractivity contribution is 5.70. The van der Waals surface area contributed by atoms with Crippen molar-refractivity contribution in [3.05, 3.63) is 47.8 Å². The highest BCUT2D eigenvalue weighted by Gasteiger charge is 2.46. The number of piperidine rings is 1. The molecule has 1 amide bonds. The number of benzene rings is 1. The second-order valence-corrected chi connectivity index (χ2v) is 8.63. The van der Waals surface area contributed by atoms with Crippen LogP contribution in [0.5, 0.6) is 0 Å². The van der Waals surface area contributed by atoms with Crippen LogP contribution < -0.4 is 0 Å². The summed E-state index contributed by atoms with van der Waals surface area (Å²) in [6, 6.07) is 8.28. The molecule has 2 fully saturated rings. The first-order valence-corrected chi connectivity index (χ1v) is 10.4. The van der Waals surface area contributed by atoms with Gasteiger partial charge in [-0.15, -0.1) is 0 Å². The largest absolute Gasteiger partial charge is 0.441 e. The van der Waals surface area contributed by atoms with Crippen molar-refractivity contribution in [2.24, 2.45) is 0 Å². The van der Waals surface area contributed by atoms with Crippen LogP contribution in [-0.4, -0.2) is 83.0 Å². The number of aryl methyl sites for hydroxylation is 1. The van der Waals surface area contributed by atoms with Crippen LogP contribution in [0.3, 0.4) is 0 Å². The molecule has 0 bridgehead atoms. The van der Waals surface area contributed by atoms with E-state index in [1.807, 2.05) is 42.0 Å². The van der Waals surface area contributed by atoms with Gasteiger partial charge in [-0.2, -0.15) is 5.10 Å². The Labute approximate surface area is 172 Å². The Morgan fingerprint density at radius 1 is 1.21 bits per heavy atom. The molecule has 2 aromatic rings. The van der Waals surface area contributed by atoms with Gasteiger partial charge in [0.2, 0.25) is 0 Å². The lowest BCUT2D eigenvalue weighted by Gasteiger charge is -2.37. The summed E-state index contributed by atoms with van der Waals surface area (Å²) in [5, 5.41) is 4.55. The average molecular weight is 398 g/mol. The summed E-state index contributed by atoms with van der Waals surface area (Å²) in [7, 11) is 4.05. The molecule has 1 aromatic carbocycles. The SMILES string of the molecule is Cc1ccccc1-n1cc(CN2CCC3(CC2)CN(CCN(C)C)C(=O)O3)cn1. The van der Waals surface area contributed by atoms with Gasteiger partial charge in [0.1, 0.15) is 5.60 Å². The normalized spacial score (nSPS) is 19.3. The smallest absolute Gasteiger partial charge is 0.410 e. The molecule has 0 aliphatic carbocycles. The van der Waals surface area contributed by atoms with Gasteiger partial charge < -0.3 is 14.5 Å². The Morgan fingerprint density at radius 2 is 1.97 bits per heavy atom. The monoisotopic (exact) mass is 397 g/mol. The zero-order chi connectivity index (χ0) is 20.4. The van der Waals surface area contributed by atoms with Gasteiger partial charge in [0, 0.05) is 57.3 Å². The molecule has 0 atom stereocenters. The zero-order valence-electron chi connectivity index (χ0n) is 17.7. The Balaban J connectivity index is 1.32. The number of hydrogen-bond acceptors (Lipinski definition) is 5. The maximum atomic E-state index is 12.3. The Kier molecular flexibility index (Phi) is 5.61. The van der Waals surface area contributed by atoms with Crippen molar-refractivity contribution in [3.8, 4) is 5.69 Å². The summed E-state index contributed by atoms with van der Waals surface area (Å²) < 4.78 is 7.79. The lowest BCUT2D eigenvalue weighted by molar-refractivity contribution is -0.00124. The van der Waals surface area contributed by atoms with E-state index >= 15 is 0 Å². The number of carbonyl (C=O) groups excluding carboxylic acids is 1. The van der Waals surface area contributed by atoms with E-state index < -0.39 is 0 Å². The number of amides is 1. The van der Waals surface area contributed by atoms with Crippen molar-refractivity contribution in [2.45, 2.75) is 31.9 Å². The highest BCUT2D eigenvalue weighted by atomic mass is 16.6. The quantitative estimate of drug-likeness (QED) is 0.750. The van der Waals surface area contributed by atoms with Crippen LogP contribution in [-0.2, 0) is 11.3 Å². The lowest BCUT2D eigenvalue weighted by Crippen LogP contribution is -2.46. The number of nitrogens with zero attached hydrogens (tertiary/aromatic N) is 5. The molecule has 2 aliphatic rings. The molecule has 3 heterocycles. The van der Waals surface area contributed by atoms with Crippen molar-refractivity contribution in [1.29, 1.82) is 0 Å². The first-order chi connectivity index (χ1) is 13.9. The molecule has 0 N–H and O–H groups in total. The first kappa shape index (κ1) is 19.9. The van der Waals surface area contributed by atoms with E-state index in [-0.39, 0.29) is 11.7 Å². The summed E-state index contributed by atoms with van der Waals surface area (Å²) in [6.07, 6.45) is 5.70. The summed E-state index contributed by atoms with van der Waals surface area (Å²) in [5.74, 6) is 0. The summed E-state index contributed by atoms with van der Waals surface area (Å²) >= 11 is 0. The molecule has 1 aromatic heterocycles. The zero-order valence-corrected chi connectivity index (χ0v) is 17.7. The maximum absolute atomic E-state index is 12.3. The van der Waals surface area contributed by atoms with Crippen LogP contribution in [0, 0.1) is 6.92 Å². The third kappa shape index (κ3) is 4.46. The van der Waals surface area contributed by atoms with Crippen molar-refractivity contribution in [1.82, 2.24) is 24.5 Å². The number of aromatic nitrogens is 2.